The summed E-state index contributed by atoms with van der Waals surface area (Å²) in [5.74, 6) is 0.859. The molecule has 0 spiro atoms. The van der Waals surface area contributed by atoms with Gasteiger partial charge < -0.3 is 10.1 Å². The lowest BCUT2D eigenvalue weighted by molar-refractivity contribution is -0.124. The fourth-order valence-corrected chi connectivity index (χ4v) is 2.38. The van der Waals surface area contributed by atoms with Crippen molar-refractivity contribution in [2.24, 2.45) is 5.92 Å². The molecule has 0 aromatic heterocycles. The molecule has 1 N–H and O–H groups in total. The van der Waals surface area contributed by atoms with E-state index >= 15 is 0 Å². The lowest BCUT2D eigenvalue weighted by Crippen LogP contribution is -2.42. The van der Waals surface area contributed by atoms with Crippen LogP contribution in [-0.2, 0) is 11.2 Å². The SMILES string of the molecule is CC(C)[C@H](Cc1ccccc1)NC(=O)COc1ccc(Cl)cc1. The number of hydrogen-bond donors (Lipinski definition) is 1. The summed E-state index contributed by atoms with van der Waals surface area (Å²) in [7, 11) is 0. The van der Waals surface area contributed by atoms with E-state index in [1.165, 1.54) is 5.56 Å². The molecular formula is C19H22ClNO2. The number of amides is 1. The highest BCUT2D eigenvalue weighted by molar-refractivity contribution is 6.30. The van der Waals surface area contributed by atoms with Gasteiger partial charge in [0.25, 0.3) is 5.91 Å². The molecule has 1 atom stereocenters. The zero-order chi connectivity index (χ0) is 16.7. The molecule has 3 nitrogen and oxygen atoms in total. The summed E-state index contributed by atoms with van der Waals surface area (Å²) in [6.45, 7) is 4.21. The third-order valence-electron chi connectivity index (χ3n) is 3.63. The summed E-state index contributed by atoms with van der Waals surface area (Å²) in [6.07, 6.45) is 0.811. The molecule has 0 saturated heterocycles. The van der Waals surface area contributed by atoms with E-state index in [1.807, 2.05) is 18.2 Å². The first-order chi connectivity index (χ1) is 11.0. The molecule has 0 bridgehead atoms. The molecule has 0 fully saturated rings. The van der Waals surface area contributed by atoms with Gasteiger partial charge in [-0.15, -0.1) is 0 Å². The van der Waals surface area contributed by atoms with Gasteiger partial charge in [0, 0.05) is 11.1 Å². The van der Waals surface area contributed by atoms with Crippen LogP contribution in [0.4, 0.5) is 0 Å². The van der Waals surface area contributed by atoms with Crippen molar-refractivity contribution in [2.75, 3.05) is 6.61 Å². The normalized spacial score (nSPS) is 12.0. The van der Waals surface area contributed by atoms with Crippen molar-refractivity contribution in [1.29, 1.82) is 0 Å². The van der Waals surface area contributed by atoms with Gasteiger partial charge >= 0.3 is 0 Å². The zero-order valence-corrected chi connectivity index (χ0v) is 14.2. The van der Waals surface area contributed by atoms with Gasteiger partial charge in [0.2, 0.25) is 0 Å². The van der Waals surface area contributed by atoms with E-state index in [-0.39, 0.29) is 18.6 Å². The molecule has 0 aliphatic heterocycles. The van der Waals surface area contributed by atoms with Gasteiger partial charge in [-0.3, -0.25) is 4.79 Å². The van der Waals surface area contributed by atoms with Crippen LogP contribution in [0.1, 0.15) is 19.4 Å². The Labute approximate surface area is 142 Å². The van der Waals surface area contributed by atoms with Crippen LogP contribution < -0.4 is 10.1 Å². The van der Waals surface area contributed by atoms with E-state index in [0.29, 0.717) is 16.7 Å². The van der Waals surface area contributed by atoms with E-state index in [0.717, 1.165) is 6.42 Å². The molecule has 122 valence electrons. The fourth-order valence-electron chi connectivity index (χ4n) is 2.25. The first kappa shape index (κ1) is 17.4. The molecule has 0 heterocycles. The monoisotopic (exact) mass is 331 g/mol. The number of carbonyl (C=O) groups is 1. The average molecular weight is 332 g/mol. The van der Waals surface area contributed by atoms with Crippen LogP contribution in [0.15, 0.2) is 54.6 Å². The largest absolute Gasteiger partial charge is 0.484 e. The second-order valence-corrected chi connectivity index (χ2v) is 6.29. The molecule has 2 aromatic carbocycles. The molecular weight excluding hydrogens is 310 g/mol. The summed E-state index contributed by atoms with van der Waals surface area (Å²) in [6, 6.07) is 17.2. The number of carbonyl (C=O) groups excluding carboxylic acids is 1. The lowest BCUT2D eigenvalue weighted by atomic mass is 9.96. The number of hydrogen-bond acceptors (Lipinski definition) is 2. The molecule has 2 rings (SSSR count). The maximum absolute atomic E-state index is 12.1. The Morgan fingerprint density at radius 3 is 2.35 bits per heavy atom. The Morgan fingerprint density at radius 1 is 1.09 bits per heavy atom. The average Bonchev–Trinajstić information content (AvgIpc) is 2.54. The molecule has 0 saturated carbocycles. The van der Waals surface area contributed by atoms with Crippen LogP contribution in [0.25, 0.3) is 0 Å². The smallest absolute Gasteiger partial charge is 0.258 e. The van der Waals surface area contributed by atoms with E-state index < -0.39 is 0 Å². The van der Waals surface area contributed by atoms with Crippen LogP contribution in [0.2, 0.25) is 5.02 Å². The van der Waals surface area contributed by atoms with E-state index in [4.69, 9.17) is 16.3 Å². The Kier molecular flexibility index (Phi) is 6.48. The Bertz CT molecular complexity index is 611. The summed E-state index contributed by atoms with van der Waals surface area (Å²) >= 11 is 5.82. The molecule has 4 heteroatoms. The van der Waals surface area contributed by atoms with Gasteiger partial charge in [-0.05, 0) is 42.2 Å². The van der Waals surface area contributed by atoms with E-state index in [9.17, 15) is 4.79 Å². The van der Waals surface area contributed by atoms with Crippen molar-refractivity contribution >= 4 is 17.5 Å². The molecule has 2 aromatic rings. The van der Waals surface area contributed by atoms with Crippen LogP contribution in [0, 0.1) is 5.92 Å². The second kappa shape index (κ2) is 8.59. The third kappa shape index (κ3) is 5.95. The molecule has 0 radical (unpaired) electrons. The second-order valence-electron chi connectivity index (χ2n) is 5.85. The topological polar surface area (TPSA) is 38.3 Å². The number of nitrogens with one attached hydrogen (secondary N) is 1. The molecule has 0 aliphatic rings. The van der Waals surface area contributed by atoms with Gasteiger partial charge in [-0.1, -0.05) is 55.8 Å². The Hall–Kier alpha value is -2.00. The van der Waals surface area contributed by atoms with Crippen molar-refractivity contribution in [2.45, 2.75) is 26.3 Å². The first-order valence-corrected chi connectivity index (χ1v) is 8.14. The van der Waals surface area contributed by atoms with Gasteiger partial charge in [-0.2, -0.15) is 0 Å². The van der Waals surface area contributed by atoms with Crippen LogP contribution >= 0.6 is 11.6 Å². The molecule has 1 amide bonds. The Balaban J connectivity index is 1.86. The summed E-state index contributed by atoms with van der Waals surface area (Å²) in [5.41, 5.74) is 1.21. The lowest BCUT2D eigenvalue weighted by Gasteiger charge is -2.22. The molecule has 0 unspecified atom stereocenters. The standard InChI is InChI=1S/C19H22ClNO2/c1-14(2)18(12-15-6-4-3-5-7-15)21-19(22)13-23-17-10-8-16(20)9-11-17/h3-11,14,18H,12-13H2,1-2H3,(H,21,22)/t18-/m0/s1. The van der Waals surface area contributed by atoms with Crippen LogP contribution in [0.3, 0.4) is 0 Å². The minimum atomic E-state index is -0.116. The Morgan fingerprint density at radius 2 is 1.74 bits per heavy atom. The number of halogens is 1. The highest BCUT2D eigenvalue weighted by Crippen LogP contribution is 2.15. The first-order valence-electron chi connectivity index (χ1n) is 7.76. The van der Waals surface area contributed by atoms with Crippen molar-refractivity contribution in [3.05, 3.63) is 65.2 Å². The number of benzene rings is 2. The minimum absolute atomic E-state index is 0.000355. The van der Waals surface area contributed by atoms with Crippen LogP contribution in [-0.4, -0.2) is 18.6 Å². The van der Waals surface area contributed by atoms with Crippen molar-refractivity contribution < 1.29 is 9.53 Å². The van der Waals surface area contributed by atoms with Crippen molar-refractivity contribution in [3.63, 3.8) is 0 Å². The highest BCUT2D eigenvalue weighted by atomic mass is 35.5. The minimum Gasteiger partial charge on any atom is -0.484 e. The number of ether oxygens (including phenoxy) is 1. The van der Waals surface area contributed by atoms with Gasteiger partial charge in [-0.25, -0.2) is 0 Å². The summed E-state index contributed by atoms with van der Waals surface area (Å²) < 4.78 is 5.48. The number of rotatable bonds is 7. The predicted molar refractivity (Wildman–Crippen MR) is 93.9 cm³/mol. The zero-order valence-electron chi connectivity index (χ0n) is 13.5. The van der Waals surface area contributed by atoms with Crippen molar-refractivity contribution in [3.8, 4) is 5.75 Å². The summed E-state index contributed by atoms with van der Waals surface area (Å²) in [5, 5.41) is 3.70. The third-order valence-corrected chi connectivity index (χ3v) is 3.89. The maximum atomic E-state index is 12.1. The van der Waals surface area contributed by atoms with E-state index in [2.05, 4.69) is 31.3 Å². The van der Waals surface area contributed by atoms with Gasteiger partial charge in [0.15, 0.2) is 6.61 Å². The quantitative estimate of drug-likeness (QED) is 0.829. The van der Waals surface area contributed by atoms with E-state index in [1.54, 1.807) is 24.3 Å². The summed E-state index contributed by atoms with van der Waals surface area (Å²) in [4.78, 5) is 12.1. The molecule has 23 heavy (non-hydrogen) atoms. The van der Waals surface area contributed by atoms with Crippen molar-refractivity contribution in [1.82, 2.24) is 5.32 Å². The maximum Gasteiger partial charge on any atom is 0.258 e. The van der Waals surface area contributed by atoms with Gasteiger partial charge in [0.1, 0.15) is 5.75 Å². The molecule has 0 aliphatic carbocycles. The van der Waals surface area contributed by atoms with Gasteiger partial charge in [0.05, 0.1) is 0 Å². The van der Waals surface area contributed by atoms with Crippen LogP contribution in [0.5, 0.6) is 5.75 Å². The predicted octanol–water partition coefficient (Wildman–Crippen LogP) is 4.10. The fraction of sp³-hybridized carbons (Fsp3) is 0.316. The highest BCUT2D eigenvalue weighted by Gasteiger charge is 2.17.